The van der Waals surface area contributed by atoms with Crippen LogP contribution in [0.4, 0.5) is 0 Å². The minimum absolute atomic E-state index is 0.263. The van der Waals surface area contributed by atoms with Gasteiger partial charge in [0.15, 0.2) is 5.82 Å². The third-order valence-corrected chi connectivity index (χ3v) is 4.64. The fourth-order valence-corrected chi connectivity index (χ4v) is 3.10. The lowest BCUT2D eigenvalue weighted by molar-refractivity contribution is 0.844. The highest BCUT2D eigenvalue weighted by Gasteiger charge is 2.15. The summed E-state index contributed by atoms with van der Waals surface area (Å²) in [6.45, 7) is 4.19. The fraction of sp³-hybridized carbons (Fsp3) is 0.176. The molecule has 3 rings (SSSR count). The quantitative estimate of drug-likeness (QED) is 0.588. The maximum Gasteiger partial charge on any atom is 0.210 e. The summed E-state index contributed by atoms with van der Waals surface area (Å²) in [6, 6.07) is 18.4. The van der Waals surface area contributed by atoms with Crippen LogP contribution in [-0.4, -0.2) is 14.9 Å². The molecule has 5 heteroatoms. The number of nitrogen functional groups attached to an aromatic ring is 1. The van der Waals surface area contributed by atoms with Crippen molar-refractivity contribution in [3.05, 3.63) is 65.7 Å². The predicted molar refractivity (Wildman–Crippen MR) is 91.1 cm³/mol. The Balaban J connectivity index is 1.83. The topological polar surface area (TPSA) is 56.7 Å². The maximum absolute atomic E-state index is 6.17. The Labute approximate surface area is 134 Å². The third-order valence-electron chi connectivity index (χ3n) is 3.53. The molecule has 0 aliphatic rings. The number of aromatic nitrogens is 3. The minimum atomic E-state index is 0.263. The summed E-state index contributed by atoms with van der Waals surface area (Å²) in [5.41, 5.74) is 3.42. The van der Waals surface area contributed by atoms with Crippen molar-refractivity contribution in [1.29, 1.82) is 0 Å². The Hall–Kier alpha value is -2.27. The molecule has 0 bridgehead atoms. The second-order valence-electron chi connectivity index (χ2n) is 5.21. The molecular weight excluding hydrogens is 292 g/mol. The van der Waals surface area contributed by atoms with Gasteiger partial charge in [-0.25, -0.2) is 4.68 Å². The Morgan fingerprint density at radius 1 is 1.00 bits per heavy atom. The van der Waals surface area contributed by atoms with Crippen molar-refractivity contribution in [2.45, 2.75) is 24.3 Å². The van der Waals surface area contributed by atoms with Crippen LogP contribution in [0.2, 0.25) is 0 Å². The van der Waals surface area contributed by atoms with Gasteiger partial charge >= 0.3 is 0 Å². The summed E-state index contributed by atoms with van der Waals surface area (Å²) in [7, 11) is 0. The number of rotatable bonds is 4. The highest BCUT2D eigenvalue weighted by Crippen LogP contribution is 2.34. The number of aryl methyl sites for hydroxylation is 1. The van der Waals surface area contributed by atoms with E-state index in [-0.39, 0.29) is 5.25 Å². The predicted octanol–water partition coefficient (Wildman–Crippen LogP) is 3.82. The first-order chi connectivity index (χ1) is 10.6. The van der Waals surface area contributed by atoms with Crippen molar-refractivity contribution in [3.63, 3.8) is 0 Å². The maximum atomic E-state index is 6.17. The van der Waals surface area contributed by atoms with E-state index in [4.69, 9.17) is 5.84 Å². The van der Waals surface area contributed by atoms with Crippen LogP contribution in [0.25, 0.3) is 11.4 Å². The van der Waals surface area contributed by atoms with E-state index in [1.807, 2.05) is 42.5 Å². The van der Waals surface area contributed by atoms with E-state index in [1.165, 1.54) is 11.1 Å². The number of nitrogens with zero attached hydrogens (tertiary/aromatic N) is 3. The molecule has 0 amide bonds. The first-order valence-electron chi connectivity index (χ1n) is 7.14. The summed E-state index contributed by atoms with van der Waals surface area (Å²) < 4.78 is 1.56. The number of hydrogen-bond acceptors (Lipinski definition) is 4. The lowest BCUT2D eigenvalue weighted by Crippen LogP contribution is -2.12. The Bertz CT molecular complexity index is 750. The summed E-state index contributed by atoms with van der Waals surface area (Å²) in [4.78, 5) is 0. The van der Waals surface area contributed by atoms with Crippen molar-refractivity contribution in [2.75, 3.05) is 5.84 Å². The first-order valence-corrected chi connectivity index (χ1v) is 8.02. The second-order valence-corrected chi connectivity index (χ2v) is 6.52. The van der Waals surface area contributed by atoms with Crippen LogP contribution >= 0.6 is 11.8 Å². The van der Waals surface area contributed by atoms with Gasteiger partial charge in [0.05, 0.1) is 0 Å². The van der Waals surface area contributed by atoms with Crippen LogP contribution < -0.4 is 5.84 Å². The Morgan fingerprint density at radius 2 is 1.68 bits per heavy atom. The van der Waals surface area contributed by atoms with E-state index in [2.05, 4.69) is 36.2 Å². The Kier molecular flexibility index (Phi) is 4.15. The van der Waals surface area contributed by atoms with Crippen LogP contribution in [0.5, 0.6) is 0 Å². The zero-order valence-corrected chi connectivity index (χ0v) is 13.4. The molecule has 0 saturated heterocycles. The normalized spacial score (nSPS) is 12.3. The van der Waals surface area contributed by atoms with Crippen LogP contribution in [0, 0.1) is 6.92 Å². The number of benzene rings is 2. The largest absolute Gasteiger partial charge is 0.335 e. The summed E-state index contributed by atoms with van der Waals surface area (Å²) in [6.07, 6.45) is 0. The summed E-state index contributed by atoms with van der Waals surface area (Å²) >= 11 is 1.61. The molecule has 0 unspecified atom stereocenters. The van der Waals surface area contributed by atoms with E-state index >= 15 is 0 Å². The number of hydrogen-bond donors (Lipinski definition) is 1. The van der Waals surface area contributed by atoms with Crippen molar-refractivity contribution in [3.8, 4) is 11.4 Å². The van der Waals surface area contributed by atoms with Gasteiger partial charge in [-0.2, -0.15) is 0 Å². The molecule has 112 valence electrons. The lowest BCUT2D eigenvalue weighted by atomic mass is 10.1. The first kappa shape index (κ1) is 14.7. The third kappa shape index (κ3) is 2.99. The van der Waals surface area contributed by atoms with Gasteiger partial charge in [0.1, 0.15) is 0 Å². The molecule has 0 aliphatic heterocycles. The fourth-order valence-electron chi connectivity index (χ4n) is 2.21. The van der Waals surface area contributed by atoms with Gasteiger partial charge in [0, 0.05) is 10.8 Å². The molecule has 1 aromatic heterocycles. The average molecular weight is 310 g/mol. The highest BCUT2D eigenvalue weighted by molar-refractivity contribution is 7.99. The zero-order valence-electron chi connectivity index (χ0n) is 12.6. The highest BCUT2D eigenvalue weighted by atomic mass is 32.2. The van der Waals surface area contributed by atoms with Gasteiger partial charge < -0.3 is 5.84 Å². The van der Waals surface area contributed by atoms with Gasteiger partial charge in [-0.3, -0.25) is 0 Å². The molecule has 0 fully saturated rings. The SMILES string of the molecule is Cc1ccc(-c2nnc(S[C@H](C)c3ccccc3)n2N)cc1. The molecule has 3 aromatic rings. The monoisotopic (exact) mass is 310 g/mol. The van der Waals surface area contributed by atoms with Gasteiger partial charge in [-0.1, -0.05) is 71.9 Å². The van der Waals surface area contributed by atoms with Crippen LogP contribution in [0.1, 0.15) is 23.3 Å². The summed E-state index contributed by atoms with van der Waals surface area (Å²) in [5, 5.41) is 9.44. The smallest absolute Gasteiger partial charge is 0.210 e. The van der Waals surface area contributed by atoms with Crippen LogP contribution in [0.3, 0.4) is 0 Å². The van der Waals surface area contributed by atoms with Crippen LogP contribution in [-0.2, 0) is 0 Å². The van der Waals surface area contributed by atoms with E-state index in [1.54, 1.807) is 16.4 Å². The van der Waals surface area contributed by atoms with Crippen molar-refractivity contribution in [1.82, 2.24) is 14.9 Å². The van der Waals surface area contributed by atoms with E-state index in [0.717, 1.165) is 5.56 Å². The van der Waals surface area contributed by atoms with Crippen molar-refractivity contribution < 1.29 is 0 Å². The zero-order chi connectivity index (χ0) is 15.5. The second kappa shape index (κ2) is 6.23. The molecule has 2 N–H and O–H groups in total. The van der Waals surface area contributed by atoms with E-state index in [9.17, 15) is 0 Å². The lowest BCUT2D eigenvalue weighted by Gasteiger charge is -2.10. The molecule has 0 saturated carbocycles. The van der Waals surface area contributed by atoms with Gasteiger partial charge in [-0.15, -0.1) is 10.2 Å². The van der Waals surface area contributed by atoms with Gasteiger partial charge in [0.25, 0.3) is 0 Å². The molecule has 2 aromatic carbocycles. The standard InChI is InChI=1S/C17H18N4S/c1-12-8-10-15(11-9-12)16-19-20-17(21(16)18)22-13(2)14-6-4-3-5-7-14/h3-11,13H,18H2,1-2H3/t13-/m1/s1. The van der Waals surface area contributed by atoms with Gasteiger partial charge in [-0.05, 0) is 19.4 Å². The molecule has 1 atom stereocenters. The molecule has 4 nitrogen and oxygen atoms in total. The molecular formula is C17H18N4S. The van der Waals surface area contributed by atoms with Crippen molar-refractivity contribution >= 4 is 11.8 Å². The molecule has 0 aliphatic carbocycles. The molecule has 0 spiro atoms. The van der Waals surface area contributed by atoms with E-state index in [0.29, 0.717) is 11.0 Å². The molecule has 22 heavy (non-hydrogen) atoms. The molecule has 1 heterocycles. The molecule has 0 radical (unpaired) electrons. The Morgan fingerprint density at radius 3 is 2.36 bits per heavy atom. The number of nitrogens with two attached hydrogens (primary N) is 1. The average Bonchev–Trinajstić information content (AvgIpc) is 2.90. The van der Waals surface area contributed by atoms with E-state index < -0.39 is 0 Å². The van der Waals surface area contributed by atoms with Gasteiger partial charge in [0.2, 0.25) is 5.16 Å². The van der Waals surface area contributed by atoms with Crippen LogP contribution in [0.15, 0.2) is 59.8 Å². The minimum Gasteiger partial charge on any atom is -0.335 e. The number of thioether (sulfide) groups is 1. The summed E-state index contributed by atoms with van der Waals surface area (Å²) in [5.74, 6) is 6.85. The van der Waals surface area contributed by atoms with Crippen molar-refractivity contribution in [2.24, 2.45) is 0 Å².